The summed E-state index contributed by atoms with van der Waals surface area (Å²) in [6.45, 7) is 0. The molecule has 0 spiro atoms. The van der Waals surface area contributed by atoms with Crippen molar-refractivity contribution in [3.8, 4) is 11.4 Å². The Bertz CT molecular complexity index is 1480. The zero-order valence-electron chi connectivity index (χ0n) is 20.0. The number of halogens is 1. The second kappa shape index (κ2) is 10.2. The lowest BCUT2D eigenvalue weighted by Crippen LogP contribution is -3.00. The predicted molar refractivity (Wildman–Crippen MR) is 151 cm³/mol. The number of nitrogens with zero attached hydrogens (tertiary/aromatic N) is 2. The summed E-state index contributed by atoms with van der Waals surface area (Å²) in [5, 5.41) is 5.40. The third-order valence-corrected chi connectivity index (χ3v) is 11.0. The normalized spacial score (nSPS) is 11.2. The first-order chi connectivity index (χ1) is 17.3. The van der Waals surface area contributed by atoms with E-state index in [1.54, 1.807) is 0 Å². The molecule has 176 valence electrons. The highest BCUT2D eigenvalue weighted by Crippen LogP contribution is 2.54. The number of aryl methyl sites for hydroxylation is 1. The first kappa shape index (κ1) is 24.2. The van der Waals surface area contributed by atoms with Crippen LogP contribution in [0.5, 0.6) is 0 Å². The van der Waals surface area contributed by atoms with E-state index in [-0.39, 0.29) is 17.0 Å². The molecule has 6 aromatic rings. The van der Waals surface area contributed by atoms with Crippen LogP contribution in [-0.2, 0) is 7.05 Å². The van der Waals surface area contributed by atoms with Crippen LogP contribution in [0.15, 0.2) is 140 Å². The molecule has 4 heteroatoms. The number of rotatable bonds is 5. The molecule has 0 aliphatic carbocycles. The SMILES string of the molecule is Cn1c(-c2ccc([P+](c3ccccc3)(c3ccccc3)c3ccccc3)cc2)nc2ccccc21.[Br-]. The van der Waals surface area contributed by atoms with Crippen molar-refractivity contribution in [3.63, 3.8) is 0 Å². The highest BCUT2D eigenvalue weighted by atomic mass is 79.9. The topological polar surface area (TPSA) is 17.8 Å². The molecular weight excluding hydrogens is 523 g/mol. The lowest BCUT2D eigenvalue weighted by atomic mass is 10.2. The molecule has 0 saturated heterocycles. The molecule has 36 heavy (non-hydrogen) atoms. The summed E-state index contributed by atoms with van der Waals surface area (Å²) in [4.78, 5) is 4.92. The third-order valence-electron chi connectivity index (χ3n) is 6.73. The fourth-order valence-corrected chi connectivity index (χ4v) is 9.33. The van der Waals surface area contributed by atoms with Gasteiger partial charge >= 0.3 is 0 Å². The standard InChI is InChI=1S/C32H26N2P.BrH/c1-34-31-20-12-11-19-30(31)33-32(34)25-21-23-29(24-22-25)35(26-13-5-2-6-14-26,27-15-7-3-8-16-27)28-17-9-4-10-18-28;/h2-24H,1H3;1H/q+1;/p-1. The smallest absolute Gasteiger partial charge is 0.144 e. The number of aromatic nitrogens is 2. The van der Waals surface area contributed by atoms with Crippen LogP contribution in [0.25, 0.3) is 22.4 Å². The Balaban J connectivity index is 0.00000267. The summed E-state index contributed by atoms with van der Waals surface area (Å²) in [6.07, 6.45) is 0. The van der Waals surface area contributed by atoms with Gasteiger partial charge in [-0.15, -0.1) is 0 Å². The van der Waals surface area contributed by atoms with E-state index in [1.807, 2.05) is 6.07 Å². The van der Waals surface area contributed by atoms with E-state index in [4.69, 9.17) is 4.98 Å². The molecule has 5 aromatic carbocycles. The zero-order chi connectivity index (χ0) is 23.7. The van der Waals surface area contributed by atoms with Crippen LogP contribution >= 0.6 is 7.26 Å². The Morgan fingerprint density at radius 2 is 0.917 bits per heavy atom. The molecule has 0 aliphatic rings. The lowest BCUT2D eigenvalue weighted by Gasteiger charge is -2.27. The van der Waals surface area contributed by atoms with E-state index < -0.39 is 7.26 Å². The molecule has 0 saturated carbocycles. The monoisotopic (exact) mass is 548 g/mol. The van der Waals surface area contributed by atoms with Gasteiger partial charge < -0.3 is 21.5 Å². The van der Waals surface area contributed by atoms with Gasteiger partial charge in [-0.2, -0.15) is 0 Å². The van der Waals surface area contributed by atoms with Crippen molar-refractivity contribution >= 4 is 39.5 Å². The van der Waals surface area contributed by atoms with Crippen LogP contribution in [0.2, 0.25) is 0 Å². The Morgan fingerprint density at radius 1 is 0.500 bits per heavy atom. The first-order valence-corrected chi connectivity index (χ1v) is 13.7. The van der Waals surface area contributed by atoms with Gasteiger partial charge in [0.15, 0.2) is 0 Å². The number of benzene rings is 5. The summed E-state index contributed by atoms with van der Waals surface area (Å²) in [5.41, 5.74) is 3.29. The molecule has 1 aromatic heterocycles. The number of para-hydroxylation sites is 2. The van der Waals surface area contributed by atoms with Gasteiger partial charge in [0.25, 0.3) is 0 Å². The van der Waals surface area contributed by atoms with Gasteiger partial charge in [-0.25, -0.2) is 4.98 Å². The highest BCUT2D eigenvalue weighted by Gasteiger charge is 2.47. The average Bonchev–Trinajstić information content (AvgIpc) is 3.28. The molecule has 0 fully saturated rings. The maximum absolute atomic E-state index is 4.92. The second-order valence-electron chi connectivity index (χ2n) is 8.71. The van der Waals surface area contributed by atoms with E-state index in [2.05, 4.69) is 145 Å². The number of imidazole rings is 1. The minimum atomic E-state index is -2.08. The van der Waals surface area contributed by atoms with Crippen molar-refractivity contribution < 1.29 is 17.0 Å². The van der Waals surface area contributed by atoms with Gasteiger partial charge in [-0.3, -0.25) is 0 Å². The van der Waals surface area contributed by atoms with Crippen LogP contribution in [0.4, 0.5) is 0 Å². The van der Waals surface area contributed by atoms with Crippen LogP contribution in [0, 0.1) is 0 Å². The van der Waals surface area contributed by atoms with Crippen molar-refractivity contribution in [1.29, 1.82) is 0 Å². The Kier molecular flexibility index (Phi) is 6.87. The van der Waals surface area contributed by atoms with Crippen LogP contribution in [0.3, 0.4) is 0 Å². The molecule has 0 N–H and O–H groups in total. The minimum absolute atomic E-state index is 0. The van der Waals surface area contributed by atoms with Gasteiger partial charge in [-0.05, 0) is 72.8 Å². The fraction of sp³-hybridized carbons (Fsp3) is 0.0312. The highest BCUT2D eigenvalue weighted by molar-refractivity contribution is 8.01. The molecule has 0 unspecified atom stereocenters. The molecule has 0 atom stereocenters. The number of fused-ring (bicyclic) bond motifs is 1. The predicted octanol–water partition coefficient (Wildman–Crippen LogP) is 2.86. The summed E-state index contributed by atoms with van der Waals surface area (Å²) >= 11 is 0. The molecule has 1 heterocycles. The van der Waals surface area contributed by atoms with E-state index in [9.17, 15) is 0 Å². The maximum atomic E-state index is 4.92. The van der Waals surface area contributed by atoms with E-state index >= 15 is 0 Å². The largest absolute Gasteiger partial charge is 1.00 e. The van der Waals surface area contributed by atoms with E-state index in [1.165, 1.54) is 21.2 Å². The summed E-state index contributed by atoms with van der Waals surface area (Å²) < 4.78 is 2.18. The quantitative estimate of drug-likeness (QED) is 0.303. The molecule has 0 bridgehead atoms. The summed E-state index contributed by atoms with van der Waals surface area (Å²) in [7, 11) is 0.00673. The molecule has 2 nitrogen and oxygen atoms in total. The summed E-state index contributed by atoms with van der Waals surface area (Å²) in [6, 6.07) is 50.4. The Labute approximate surface area is 223 Å². The van der Waals surface area contributed by atoms with Crippen molar-refractivity contribution in [2.45, 2.75) is 0 Å². The molecule has 0 amide bonds. The maximum Gasteiger partial charge on any atom is 0.144 e. The van der Waals surface area contributed by atoms with Crippen molar-refractivity contribution in [2.75, 3.05) is 0 Å². The zero-order valence-corrected chi connectivity index (χ0v) is 22.5. The van der Waals surface area contributed by atoms with Crippen molar-refractivity contribution in [1.82, 2.24) is 9.55 Å². The van der Waals surface area contributed by atoms with Gasteiger partial charge in [0.1, 0.15) is 34.3 Å². The Hall–Kier alpha value is -3.52. The fourth-order valence-electron chi connectivity index (χ4n) is 5.09. The number of hydrogen-bond donors (Lipinski definition) is 0. The van der Waals surface area contributed by atoms with Gasteiger partial charge in [0.2, 0.25) is 0 Å². The summed E-state index contributed by atoms with van der Waals surface area (Å²) in [5.74, 6) is 0.987. The van der Waals surface area contributed by atoms with Crippen LogP contribution < -0.4 is 38.2 Å². The van der Waals surface area contributed by atoms with E-state index in [0.717, 1.165) is 22.4 Å². The van der Waals surface area contributed by atoms with E-state index in [0.29, 0.717) is 0 Å². The molecule has 0 aliphatic heterocycles. The first-order valence-electron chi connectivity index (χ1n) is 11.9. The molecule has 6 rings (SSSR count). The van der Waals surface area contributed by atoms with Crippen molar-refractivity contribution in [3.05, 3.63) is 140 Å². The van der Waals surface area contributed by atoms with Crippen LogP contribution in [0.1, 0.15) is 0 Å². The van der Waals surface area contributed by atoms with Crippen LogP contribution in [-0.4, -0.2) is 9.55 Å². The lowest BCUT2D eigenvalue weighted by molar-refractivity contribution is -0.00000676. The molecule has 0 radical (unpaired) electrons. The van der Waals surface area contributed by atoms with Gasteiger partial charge in [0, 0.05) is 12.6 Å². The van der Waals surface area contributed by atoms with Crippen molar-refractivity contribution in [2.24, 2.45) is 7.05 Å². The number of hydrogen-bond acceptors (Lipinski definition) is 1. The average molecular weight is 549 g/mol. The second-order valence-corrected chi connectivity index (χ2v) is 12.1. The van der Waals surface area contributed by atoms with Gasteiger partial charge in [-0.1, -0.05) is 66.7 Å². The third kappa shape index (κ3) is 3.99. The van der Waals surface area contributed by atoms with Gasteiger partial charge in [0.05, 0.1) is 11.0 Å². The minimum Gasteiger partial charge on any atom is -1.00 e. The Morgan fingerprint density at radius 3 is 1.39 bits per heavy atom. The molecular formula is C32H26BrN2P.